The van der Waals surface area contributed by atoms with Crippen LogP contribution in [0.3, 0.4) is 0 Å². The summed E-state index contributed by atoms with van der Waals surface area (Å²) in [5.41, 5.74) is 1.28. The van der Waals surface area contributed by atoms with Crippen molar-refractivity contribution in [1.29, 1.82) is 0 Å². The first-order valence-electron chi connectivity index (χ1n) is 3.64. The highest BCUT2D eigenvalue weighted by molar-refractivity contribution is 4.95. The van der Waals surface area contributed by atoms with Gasteiger partial charge in [-0.2, -0.15) is 0 Å². The second kappa shape index (κ2) is 3.74. The molecule has 1 saturated heterocycles. The van der Waals surface area contributed by atoms with E-state index in [1.54, 1.807) is 7.11 Å². The number of methoxy groups -OCH3 is 1. The van der Waals surface area contributed by atoms with Gasteiger partial charge in [0, 0.05) is 13.5 Å². The van der Waals surface area contributed by atoms with Crippen molar-refractivity contribution < 1.29 is 9.47 Å². The lowest BCUT2D eigenvalue weighted by atomic mass is 10.1. The predicted octanol–water partition coefficient (Wildman–Crippen LogP) is 1.72. The van der Waals surface area contributed by atoms with E-state index in [1.807, 2.05) is 0 Å². The molecule has 0 amide bonds. The molecule has 1 aliphatic heterocycles. The van der Waals surface area contributed by atoms with Gasteiger partial charge >= 0.3 is 0 Å². The molecule has 1 aliphatic rings. The molecule has 0 saturated carbocycles. The molecular weight excluding hydrogens is 128 g/mol. The zero-order valence-electron chi connectivity index (χ0n) is 6.43. The summed E-state index contributed by atoms with van der Waals surface area (Å²) >= 11 is 0. The molecule has 0 N–H and O–H groups in total. The fourth-order valence-corrected chi connectivity index (χ4v) is 1.05. The van der Waals surface area contributed by atoms with E-state index >= 15 is 0 Å². The van der Waals surface area contributed by atoms with Crippen molar-refractivity contribution in [2.75, 3.05) is 13.7 Å². The molecule has 58 valence electrons. The number of hydrogen-bond donors (Lipinski definition) is 0. The zero-order valence-corrected chi connectivity index (χ0v) is 6.43. The van der Waals surface area contributed by atoms with Crippen LogP contribution < -0.4 is 0 Å². The Hall–Kier alpha value is -0.340. The smallest absolute Gasteiger partial charge is 0.157 e. The summed E-state index contributed by atoms with van der Waals surface area (Å²) in [6, 6.07) is 0. The van der Waals surface area contributed by atoms with Crippen LogP contribution in [0.1, 0.15) is 19.3 Å². The first kappa shape index (κ1) is 7.76. The molecule has 1 atom stereocenters. The minimum Gasteiger partial charge on any atom is -0.356 e. The molecule has 2 nitrogen and oxygen atoms in total. The summed E-state index contributed by atoms with van der Waals surface area (Å²) in [6.07, 6.45) is 2.98. The summed E-state index contributed by atoms with van der Waals surface area (Å²) in [6.45, 7) is 4.67. The van der Waals surface area contributed by atoms with Gasteiger partial charge in [-0.1, -0.05) is 12.2 Å². The van der Waals surface area contributed by atoms with Gasteiger partial charge in [-0.05, 0) is 12.8 Å². The average molecular weight is 142 g/mol. The number of ether oxygens (including phenoxy) is 2. The van der Waals surface area contributed by atoms with Crippen LogP contribution in [-0.4, -0.2) is 20.0 Å². The van der Waals surface area contributed by atoms with Gasteiger partial charge in [0.05, 0.1) is 6.61 Å². The summed E-state index contributed by atoms with van der Waals surface area (Å²) in [7, 11) is 1.68. The van der Waals surface area contributed by atoms with Crippen LogP contribution >= 0.6 is 0 Å². The molecule has 0 bridgehead atoms. The van der Waals surface area contributed by atoms with Crippen LogP contribution in [0.5, 0.6) is 0 Å². The third-order valence-corrected chi connectivity index (χ3v) is 1.76. The Labute approximate surface area is 61.8 Å². The third kappa shape index (κ3) is 2.12. The van der Waals surface area contributed by atoms with Gasteiger partial charge in [-0.15, -0.1) is 0 Å². The van der Waals surface area contributed by atoms with Crippen LogP contribution in [0.15, 0.2) is 12.2 Å². The molecule has 0 aromatic rings. The highest BCUT2D eigenvalue weighted by Crippen LogP contribution is 2.16. The standard InChI is InChI=1S/C8H14O2/c1-7-3-4-8(9-2)10-6-5-7/h8H,1,3-6H2,2H3/t8-/m1/s1. The number of rotatable bonds is 1. The van der Waals surface area contributed by atoms with Gasteiger partial charge in [-0.3, -0.25) is 0 Å². The first-order valence-corrected chi connectivity index (χ1v) is 3.64. The number of hydrogen-bond acceptors (Lipinski definition) is 2. The SMILES string of the molecule is C=C1CCO[C@@H](OC)CC1. The Kier molecular flexibility index (Phi) is 2.90. The Morgan fingerprint density at radius 3 is 3.10 bits per heavy atom. The Balaban J connectivity index is 2.33. The van der Waals surface area contributed by atoms with E-state index in [0.29, 0.717) is 0 Å². The van der Waals surface area contributed by atoms with Crippen molar-refractivity contribution in [3.8, 4) is 0 Å². The molecular formula is C8H14O2. The van der Waals surface area contributed by atoms with Gasteiger partial charge in [0.1, 0.15) is 0 Å². The quantitative estimate of drug-likeness (QED) is 0.519. The maximum Gasteiger partial charge on any atom is 0.157 e. The molecule has 0 aromatic carbocycles. The van der Waals surface area contributed by atoms with Gasteiger partial charge in [0.25, 0.3) is 0 Å². The fraction of sp³-hybridized carbons (Fsp3) is 0.750. The Morgan fingerprint density at radius 1 is 1.60 bits per heavy atom. The van der Waals surface area contributed by atoms with E-state index in [9.17, 15) is 0 Å². The van der Waals surface area contributed by atoms with E-state index in [0.717, 1.165) is 25.9 Å². The lowest BCUT2D eigenvalue weighted by Gasteiger charge is -2.10. The lowest BCUT2D eigenvalue weighted by molar-refractivity contribution is -0.120. The van der Waals surface area contributed by atoms with Gasteiger partial charge in [0.15, 0.2) is 6.29 Å². The van der Waals surface area contributed by atoms with Gasteiger partial charge in [-0.25, -0.2) is 0 Å². The van der Waals surface area contributed by atoms with E-state index < -0.39 is 0 Å². The monoisotopic (exact) mass is 142 g/mol. The van der Waals surface area contributed by atoms with E-state index in [-0.39, 0.29) is 6.29 Å². The van der Waals surface area contributed by atoms with Crippen molar-refractivity contribution >= 4 is 0 Å². The highest BCUT2D eigenvalue weighted by Gasteiger charge is 2.11. The van der Waals surface area contributed by atoms with Crippen molar-refractivity contribution in [1.82, 2.24) is 0 Å². The second-order valence-corrected chi connectivity index (χ2v) is 2.57. The largest absolute Gasteiger partial charge is 0.356 e. The minimum atomic E-state index is -0.000694. The Bertz CT molecular complexity index is 120. The minimum absolute atomic E-state index is 0.000694. The van der Waals surface area contributed by atoms with Gasteiger partial charge in [0.2, 0.25) is 0 Å². The highest BCUT2D eigenvalue weighted by atomic mass is 16.7. The molecule has 1 fully saturated rings. The van der Waals surface area contributed by atoms with Crippen molar-refractivity contribution in [2.45, 2.75) is 25.6 Å². The average Bonchev–Trinajstić information content (AvgIpc) is 2.14. The topological polar surface area (TPSA) is 18.5 Å². The molecule has 0 aliphatic carbocycles. The van der Waals surface area contributed by atoms with Crippen molar-refractivity contribution in [2.24, 2.45) is 0 Å². The van der Waals surface area contributed by atoms with E-state index in [1.165, 1.54) is 5.57 Å². The van der Waals surface area contributed by atoms with Crippen LogP contribution in [0, 0.1) is 0 Å². The molecule has 0 radical (unpaired) electrons. The summed E-state index contributed by atoms with van der Waals surface area (Å²) in [4.78, 5) is 0. The van der Waals surface area contributed by atoms with Crippen molar-refractivity contribution in [3.05, 3.63) is 12.2 Å². The van der Waals surface area contributed by atoms with Crippen molar-refractivity contribution in [3.63, 3.8) is 0 Å². The molecule has 1 rings (SSSR count). The normalized spacial score (nSPS) is 28.1. The predicted molar refractivity (Wildman–Crippen MR) is 39.7 cm³/mol. The molecule has 10 heavy (non-hydrogen) atoms. The van der Waals surface area contributed by atoms with Crippen LogP contribution in [-0.2, 0) is 9.47 Å². The van der Waals surface area contributed by atoms with Crippen LogP contribution in [0.2, 0.25) is 0 Å². The summed E-state index contributed by atoms with van der Waals surface area (Å²) in [5, 5.41) is 0. The summed E-state index contributed by atoms with van der Waals surface area (Å²) < 4.78 is 10.4. The maximum atomic E-state index is 5.34. The molecule has 1 heterocycles. The fourth-order valence-electron chi connectivity index (χ4n) is 1.05. The lowest BCUT2D eigenvalue weighted by Crippen LogP contribution is -2.12. The van der Waals surface area contributed by atoms with E-state index in [4.69, 9.17) is 9.47 Å². The molecule has 0 unspecified atom stereocenters. The third-order valence-electron chi connectivity index (χ3n) is 1.76. The van der Waals surface area contributed by atoms with Crippen LogP contribution in [0.4, 0.5) is 0 Å². The Morgan fingerprint density at radius 2 is 2.40 bits per heavy atom. The zero-order chi connectivity index (χ0) is 7.40. The molecule has 2 heteroatoms. The maximum absolute atomic E-state index is 5.34. The van der Waals surface area contributed by atoms with Gasteiger partial charge < -0.3 is 9.47 Å². The van der Waals surface area contributed by atoms with Crippen LogP contribution in [0.25, 0.3) is 0 Å². The first-order chi connectivity index (χ1) is 4.83. The summed E-state index contributed by atoms with van der Waals surface area (Å²) in [5.74, 6) is 0. The molecule has 0 spiro atoms. The molecule has 0 aromatic heterocycles. The van der Waals surface area contributed by atoms with E-state index in [2.05, 4.69) is 6.58 Å². The second-order valence-electron chi connectivity index (χ2n) is 2.57.